The van der Waals surface area contributed by atoms with Crippen LogP contribution < -0.4 is 4.90 Å². The Kier molecular flexibility index (Phi) is 3.12. The molecule has 1 aromatic rings. The number of aliphatic hydroxyl groups excluding tert-OH is 1. The van der Waals surface area contributed by atoms with Crippen molar-refractivity contribution in [3.8, 4) is 0 Å². The van der Waals surface area contributed by atoms with Gasteiger partial charge in [-0.05, 0) is 18.2 Å². The Morgan fingerprint density at radius 3 is 2.88 bits per heavy atom. The molecule has 86 valence electrons. The SMILES string of the molecule is O=C1[C@@H](Cl)[C@@H](CO)CN1c1cccc(F)c1. The number of aliphatic hydroxyl groups is 1. The van der Waals surface area contributed by atoms with E-state index in [2.05, 4.69) is 0 Å². The van der Waals surface area contributed by atoms with Crippen molar-refractivity contribution in [1.29, 1.82) is 0 Å². The quantitative estimate of drug-likeness (QED) is 0.798. The minimum atomic E-state index is -0.728. The third-order valence-corrected chi connectivity index (χ3v) is 3.23. The molecule has 0 unspecified atom stereocenters. The van der Waals surface area contributed by atoms with Crippen molar-refractivity contribution in [3.63, 3.8) is 0 Å². The zero-order valence-corrected chi connectivity index (χ0v) is 9.19. The van der Waals surface area contributed by atoms with E-state index in [4.69, 9.17) is 16.7 Å². The first-order valence-corrected chi connectivity index (χ1v) is 5.39. The summed E-state index contributed by atoms with van der Waals surface area (Å²) in [5.41, 5.74) is 0.478. The first-order chi connectivity index (χ1) is 7.63. The second-order valence-electron chi connectivity index (χ2n) is 3.77. The molecule has 1 fully saturated rings. The molecule has 1 saturated heterocycles. The zero-order chi connectivity index (χ0) is 11.7. The van der Waals surface area contributed by atoms with Crippen LogP contribution in [0.1, 0.15) is 0 Å². The van der Waals surface area contributed by atoms with Crippen LogP contribution in [0.3, 0.4) is 0 Å². The summed E-state index contributed by atoms with van der Waals surface area (Å²) in [5, 5.41) is 8.31. The van der Waals surface area contributed by atoms with E-state index >= 15 is 0 Å². The van der Waals surface area contributed by atoms with Crippen molar-refractivity contribution in [1.82, 2.24) is 0 Å². The van der Waals surface area contributed by atoms with E-state index in [1.807, 2.05) is 0 Å². The van der Waals surface area contributed by atoms with Gasteiger partial charge in [-0.1, -0.05) is 6.07 Å². The summed E-state index contributed by atoms with van der Waals surface area (Å²) in [7, 11) is 0. The van der Waals surface area contributed by atoms with Gasteiger partial charge in [-0.25, -0.2) is 4.39 Å². The molecule has 1 N–H and O–H groups in total. The number of anilines is 1. The number of hydrogen-bond donors (Lipinski definition) is 1. The van der Waals surface area contributed by atoms with Crippen LogP contribution in [0.25, 0.3) is 0 Å². The van der Waals surface area contributed by atoms with Crippen molar-refractivity contribution in [3.05, 3.63) is 30.1 Å². The maximum absolute atomic E-state index is 13.0. The maximum atomic E-state index is 13.0. The average molecular weight is 244 g/mol. The Hall–Kier alpha value is -1.13. The lowest BCUT2D eigenvalue weighted by Gasteiger charge is -2.15. The summed E-state index contributed by atoms with van der Waals surface area (Å²) >= 11 is 5.87. The molecule has 3 nitrogen and oxygen atoms in total. The number of rotatable bonds is 2. The molecule has 0 spiro atoms. The highest BCUT2D eigenvalue weighted by molar-refractivity contribution is 6.34. The number of halogens is 2. The summed E-state index contributed by atoms with van der Waals surface area (Å²) in [6.07, 6.45) is 0. The molecule has 1 heterocycles. The molecule has 0 bridgehead atoms. The number of hydrogen-bond acceptors (Lipinski definition) is 2. The lowest BCUT2D eigenvalue weighted by Crippen LogP contribution is -2.27. The molecule has 0 aromatic heterocycles. The smallest absolute Gasteiger partial charge is 0.245 e. The largest absolute Gasteiger partial charge is 0.396 e. The van der Waals surface area contributed by atoms with Crippen LogP contribution in [0.2, 0.25) is 0 Å². The fraction of sp³-hybridized carbons (Fsp3) is 0.364. The van der Waals surface area contributed by atoms with Crippen LogP contribution in [-0.4, -0.2) is 29.5 Å². The van der Waals surface area contributed by atoms with Gasteiger partial charge < -0.3 is 10.0 Å². The van der Waals surface area contributed by atoms with Crippen molar-refractivity contribution in [2.45, 2.75) is 5.38 Å². The second kappa shape index (κ2) is 4.39. The Morgan fingerprint density at radius 1 is 1.56 bits per heavy atom. The molecule has 5 heteroatoms. The van der Waals surface area contributed by atoms with E-state index < -0.39 is 11.2 Å². The van der Waals surface area contributed by atoms with Gasteiger partial charge >= 0.3 is 0 Å². The van der Waals surface area contributed by atoms with Gasteiger partial charge in [-0.3, -0.25) is 4.79 Å². The summed E-state index contributed by atoms with van der Waals surface area (Å²) < 4.78 is 13.0. The highest BCUT2D eigenvalue weighted by atomic mass is 35.5. The topological polar surface area (TPSA) is 40.5 Å². The van der Waals surface area contributed by atoms with Gasteiger partial charge in [-0.2, -0.15) is 0 Å². The monoisotopic (exact) mass is 243 g/mol. The molecular weight excluding hydrogens is 233 g/mol. The van der Waals surface area contributed by atoms with Crippen LogP contribution in [0.15, 0.2) is 24.3 Å². The van der Waals surface area contributed by atoms with E-state index in [1.165, 1.54) is 23.1 Å². The molecule has 0 radical (unpaired) electrons. The first-order valence-electron chi connectivity index (χ1n) is 4.95. The maximum Gasteiger partial charge on any atom is 0.245 e. The standard InChI is InChI=1S/C11H11ClFNO2/c12-10-7(6-15)5-14(11(10)16)9-3-1-2-8(13)4-9/h1-4,7,10,15H,5-6H2/t7-,10+/m1/s1. The molecule has 1 aliphatic rings. The third-order valence-electron chi connectivity index (χ3n) is 2.69. The lowest BCUT2D eigenvalue weighted by atomic mass is 10.1. The van der Waals surface area contributed by atoms with Crippen LogP contribution >= 0.6 is 11.6 Å². The normalized spacial score (nSPS) is 25.2. The highest BCUT2D eigenvalue weighted by Gasteiger charge is 2.39. The van der Waals surface area contributed by atoms with Gasteiger partial charge in [0.15, 0.2) is 0 Å². The van der Waals surface area contributed by atoms with Crippen molar-refractivity contribution in [2.75, 3.05) is 18.1 Å². The third kappa shape index (κ3) is 1.90. The van der Waals surface area contributed by atoms with Gasteiger partial charge in [-0.15, -0.1) is 11.6 Å². The van der Waals surface area contributed by atoms with Crippen molar-refractivity contribution < 1.29 is 14.3 Å². The highest BCUT2D eigenvalue weighted by Crippen LogP contribution is 2.28. The van der Waals surface area contributed by atoms with Gasteiger partial charge in [0.05, 0.1) is 0 Å². The van der Waals surface area contributed by atoms with Crippen LogP contribution in [0, 0.1) is 11.7 Å². The van der Waals surface area contributed by atoms with Crippen molar-refractivity contribution >= 4 is 23.2 Å². The van der Waals surface area contributed by atoms with Gasteiger partial charge in [0.2, 0.25) is 5.91 Å². The lowest BCUT2D eigenvalue weighted by molar-refractivity contribution is -0.117. The number of amides is 1. The summed E-state index contributed by atoms with van der Waals surface area (Å²) in [6, 6.07) is 5.77. The van der Waals surface area contributed by atoms with Crippen LogP contribution in [-0.2, 0) is 4.79 Å². The predicted octanol–water partition coefficient (Wildman–Crippen LogP) is 1.39. The molecule has 0 saturated carbocycles. The molecule has 2 atom stereocenters. The van der Waals surface area contributed by atoms with E-state index in [1.54, 1.807) is 6.07 Å². The van der Waals surface area contributed by atoms with Gasteiger partial charge in [0.1, 0.15) is 11.2 Å². The fourth-order valence-electron chi connectivity index (χ4n) is 1.79. The molecule has 1 aromatic carbocycles. The number of alkyl halides is 1. The average Bonchev–Trinajstić information content (AvgIpc) is 2.56. The molecule has 1 aliphatic heterocycles. The molecule has 16 heavy (non-hydrogen) atoms. The summed E-state index contributed by atoms with van der Waals surface area (Å²) in [5.74, 6) is -0.979. The van der Waals surface area contributed by atoms with Crippen LogP contribution in [0.4, 0.5) is 10.1 Å². The van der Waals surface area contributed by atoms with E-state index in [-0.39, 0.29) is 18.4 Å². The predicted molar refractivity (Wildman–Crippen MR) is 59.0 cm³/mol. The Labute approximate surface area is 97.4 Å². The van der Waals surface area contributed by atoms with E-state index in [0.717, 1.165) is 0 Å². The molecule has 0 aliphatic carbocycles. The number of nitrogens with zero attached hydrogens (tertiary/aromatic N) is 1. The Morgan fingerprint density at radius 2 is 2.31 bits per heavy atom. The summed E-state index contributed by atoms with van der Waals surface area (Å²) in [6.45, 7) is 0.179. The Balaban J connectivity index is 2.26. The first kappa shape index (κ1) is 11.4. The number of carbonyl (C=O) groups is 1. The van der Waals surface area contributed by atoms with Gasteiger partial charge in [0, 0.05) is 24.8 Å². The van der Waals surface area contributed by atoms with Gasteiger partial charge in [0.25, 0.3) is 0 Å². The second-order valence-corrected chi connectivity index (χ2v) is 4.24. The van der Waals surface area contributed by atoms with Crippen molar-refractivity contribution in [2.24, 2.45) is 5.92 Å². The van der Waals surface area contributed by atoms with Crippen LogP contribution in [0.5, 0.6) is 0 Å². The molecule has 1 amide bonds. The fourth-order valence-corrected chi connectivity index (χ4v) is 2.07. The molecule has 2 rings (SSSR count). The molecular formula is C11H11ClFNO2. The number of carbonyl (C=O) groups excluding carboxylic acids is 1. The summed E-state index contributed by atoms with van der Waals surface area (Å²) in [4.78, 5) is 13.2. The Bertz CT molecular complexity index is 413. The number of benzene rings is 1. The minimum absolute atomic E-state index is 0.147. The van der Waals surface area contributed by atoms with E-state index in [9.17, 15) is 9.18 Å². The zero-order valence-electron chi connectivity index (χ0n) is 8.44. The van der Waals surface area contributed by atoms with E-state index in [0.29, 0.717) is 12.2 Å². The minimum Gasteiger partial charge on any atom is -0.396 e.